The van der Waals surface area contributed by atoms with E-state index < -0.39 is 0 Å². The highest BCUT2D eigenvalue weighted by Gasteiger charge is 2.39. The number of carbonyl (C=O) groups excluding carboxylic acids is 1. The van der Waals surface area contributed by atoms with E-state index in [-0.39, 0.29) is 18.0 Å². The highest BCUT2D eigenvalue weighted by molar-refractivity contribution is 6.04. The molecule has 4 nitrogen and oxygen atoms in total. The normalized spacial score (nSPS) is 28.9. The van der Waals surface area contributed by atoms with Crippen molar-refractivity contribution >= 4 is 11.9 Å². The van der Waals surface area contributed by atoms with E-state index in [4.69, 9.17) is 5.73 Å². The molecule has 23 heavy (non-hydrogen) atoms. The van der Waals surface area contributed by atoms with Crippen molar-refractivity contribution in [2.24, 2.45) is 22.6 Å². The third-order valence-corrected chi connectivity index (χ3v) is 6.37. The molecule has 2 saturated carbocycles. The largest absolute Gasteiger partial charge is 0.369 e. The summed E-state index contributed by atoms with van der Waals surface area (Å²) < 4.78 is 0. The van der Waals surface area contributed by atoms with Crippen molar-refractivity contribution in [1.82, 2.24) is 4.90 Å². The minimum atomic E-state index is -0.206. The maximum atomic E-state index is 12.8. The van der Waals surface area contributed by atoms with Gasteiger partial charge < -0.3 is 5.73 Å². The van der Waals surface area contributed by atoms with Crippen molar-refractivity contribution < 1.29 is 4.79 Å². The number of amides is 1. The molecule has 3 rings (SSSR count). The van der Waals surface area contributed by atoms with Gasteiger partial charge in [0.2, 0.25) is 0 Å². The number of nitrogens with two attached hydrogens (primary N) is 1. The van der Waals surface area contributed by atoms with Crippen molar-refractivity contribution in [3.8, 4) is 0 Å². The van der Waals surface area contributed by atoms with Gasteiger partial charge >= 0.3 is 0 Å². The summed E-state index contributed by atoms with van der Waals surface area (Å²) in [5, 5.41) is 0. The summed E-state index contributed by atoms with van der Waals surface area (Å²) >= 11 is 0. The first-order chi connectivity index (χ1) is 11.2. The van der Waals surface area contributed by atoms with Crippen LogP contribution in [0.15, 0.2) is 4.99 Å². The Kier molecular flexibility index (Phi) is 5.60. The second kappa shape index (κ2) is 7.67. The van der Waals surface area contributed by atoms with Gasteiger partial charge in [0.25, 0.3) is 5.91 Å². The highest BCUT2D eigenvalue weighted by Crippen LogP contribution is 2.32. The summed E-state index contributed by atoms with van der Waals surface area (Å²) in [5.41, 5.74) is 6.13. The molecule has 2 atom stereocenters. The summed E-state index contributed by atoms with van der Waals surface area (Å²) in [6.45, 7) is 2.17. The van der Waals surface area contributed by atoms with Crippen LogP contribution in [0, 0.1) is 11.8 Å². The van der Waals surface area contributed by atoms with Crippen LogP contribution in [0.4, 0.5) is 0 Å². The van der Waals surface area contributed by atoms with E-state index in [2.05, 4.69) is 11.9 Å². The fourth-order valence-corrected chi connectivity index (χ4v) is 4.84. The van der Waals surface area contributed by atoms with Gasteiger partial charge in [0, 0.05) is 6.04 Å². The quantitative estimate of drug-likeness (QED) is 0.837. The van der Waals surface area contributed by atoms with Crippen LogP contribution in [0.25, 0.3) is 0 Å². The Labute approximate surface area is 140 Å². The molecule has 2 fully saturated rings. The van der Waals surface area contributed by atoms with Gasteiger partial charge in [-0.05, 0) is 44.4 Å². The standard InChI is InChI=1S/C19H33N3O/c1-14(16-10-6-3-7-11-16)22-18(23)17(21-19(22)20)13-12-15-8-4-2-5-9-15/h14-17H,2-13H2,1H3,(H2,20,21)/t14-,17?/m0/s1. The number of aliphatic imine (C=N–C) groups is 1. The Morgan fingerprint density at radius 1 is 1.04 bits per heavy atom. The number of guanidine groups is 1. The van der Waals surface area contributed by atoms with Gasteiger partial charge in [0.1, 0.15) is 6.04 Å². The predicted octanol–water partition coefficient (Wildman–Crippen LogP) is 3.84. The average Bonchev–Trinajstić information content (AvgIpc) is 2.88. The Morgan fingerprint density at radius 3 is 2.30 bits per heavy atom. The first kappa shape index (κ1) is 16.8. The van der Waals surface area contributed by atoms with E-state index in [1.807, 2.05) is 4.90 Å². The van der Waals surface area contributed by atoms with Gasteiger partial charge in [0.05, 0.1) is 0 Å². The molecule has 0 aromatic rings. The molecule has 130 valence electrons. The lowest BCUT2D eigenvalue weighted by Gasteiger charge is -2.34. The monoisotopic (exact) mass is 319 g/mol. The Bertz CT molecular complexity index is 436. The minimum Gasteiger partial charge on any atom is -0.369 e. The summed E-state index contributed by atoms with van der Waals surface area (Å²) in [6.07, 6.45) is 15.2. The number of hydrogen-bond acceptors (Lipinski definition) is 3. The second-order valence-corrected chi connectivity index (χ2v) is 7.93. The second-order valence-electron chi connectivity index (χ2n) is 7.93. The molecule has 2 aliphatic carbocycles. The summed E-state index contributed by atoms with van der Waals surface area (Å²) in [6, 6.07) is 0.00852. The maximum Gasteiger partial charge on any atom is 0.254 e. The smallest absolute Gasteiger partial charge is 0.254 e. The first-order valence-electron chi connectivity index (χ1n) is 9.83. The van der Waals surface area contributed by atoms with Crippen molar-refractivity contribution in [2.45, 2.75) is 96.1 Å². The van der Waals surface area contributed by atoms with E-state index in [1.165, 1.54) is 64.2 Å². The number of carbonyl (C=O) groups is 1. The molecule has 0 aromatic heterocycles. The van der Waals surface area contributed by atoms with Crippen LogP contribution in [-0.2, 0) is 4.79 Å². The fourth-order valence-electron chi connectivity index (χ4n) is 4.84. The molecular weight excluding hydrogens is 286 g/mol. The SMILES string of the molecule is C[C@@H](C1CCCCC1)N1C(=O)C(CCC2CCCCC2)N=C1N. The molecule has 1 unspecified atom stereocenters. The third kappa shape index (κ3) is 3.89. The van der Waals surface area contributed by atoms with Crippen molar-refractivity contribution in [2.75, 3.05) is 0 Å². The molecule has 1 heterocycles. The molecule has 0 spiro atoms. The van der Waals surface area contributed by atoms with E-state index in [9.17, 15) is 4.79 Å². The number of hydrogen-bond donors (Lipinski definition) is 1. The van der Waals surface area contributed by atoms with Crippen molar-refractivity contribution in [3.05, 3.63) is 0 Å². The summed E-state index contributed by atoms with van der Waals surface area (Å²) in [5.74, 6) is 2.04. The first-order valence-corrected chi connectivity index (χ1v) is 9.83. The zero-order valence-electron chi connectivity index (χ0n) is 14.7. The maximum absolute atomic E-state index is 12.8. The topological polar surface area (TPSA) is 58.7 Å². The molecule has 0 aromatic carbocycles. The molecule has 2 N–H and O–H groups in total. The van der Waals surface area contributed by atoms with Crippen molar-refractivity contribution in [1.29, 1.82) is 0 Å². The Hall–Kier alpha value is -1.06. The van der Waals surface area contributed by atoms with E-state index in [0.717, 1.165) is 18.8 Å². The molecule has 1 aliphatic heterocycles. The van der Waals surface area contributed by atoms with Crippen LogP contribution in [0.2, 0.25) is 0 Å². The van der Waals surface area contributed by atoms with E-state index >= 15 is 0 Å². The van der Waals surface area contributed by atoms with Crippen LogP contribution in [0.1, 0.15) is 84.0 Å². The fraction of sp³-hybridized carbons (Fsp3) is 0.895. The average molecular weight is 319 g/mol. The highest BCUT2D eigenvalue weighted by atomic mass is 16.2. The van der Waals surface area contributed by atoms with Gasteiger partial charge in [-0.2, -0.15) is 0 Å². The van der Waals surface area contributed by atoms with Crippen LogP contribution in [-0.4, -0.2) is 28.9 Å². The lowest BCUT2D eigenvalue weighted by molar-refractivity contribution is -0.129. The zero-order valence-corrected chi connectivity index (χ0v) is 14.7. The van der Waals surface area contributed by atoms with Crippen molar-refractivity contribution in [3.63, 3.8) is 0 Å². The molecule has 0 bridgehead atoms. The Morgan fingerprint density at radius 2 is 1.65 bits per heavy atom. The van der Waals surface area contributed by atoms with E-state index in [0.29, 0.717) is 11.9 Å². The van der Waals surface area contributed by atoms with Gasteiger partial charge in [-0.25, -0.2) is 4.99 Å². The van der Waals surface area contributed by atoms with Crippen LogP contribution in [0.3, 0.4) is 0 Å². The molecule has 4 heteroatoms. The zero-order chi connectivity index (χ0) is 16.2. The lowest BCUT2D eigenvalue weighted by atomic mass is 9.83. The predicted molar refractivity (Wildman–Crippen MR) is 94.1 cm³/mol. The number of nitrogens with zero attached hydrogens (tertiary/aromatic N) is 2. The van der Waals surface area contributed by atoms with Crippen LogP contribution < -0.4 is 5.73 Å². The molecule has 1 amide bonds. The van der Waals surface area contributed by atoms with E-state index in [1.54, 1.807) is 0 Å². The van der Waals surface area contributed by atoms with Gasteiger partial charge in [0.15, 0.2) is 5.96 Å². The third-order valence-electron chi connectivity index (χ3n) is 6.37. The summed E-state index contributed by atoms with van der Waals surface area (Å²) in [4.78, 5) is 19.1. The molecule has 0 saturated heterocycles. The minimum absolute atomic E-state index is 0.163. The molecule has 3 aliphatic rings. The molecular formula is C19H33N3O. The lowest BCUT2D eigenvalue weighted by Crippen LogP contribution is -2.48. The van der Waals surface area contributed by atoms with Crippen LogP contribution >= 0.6 is 0 Å². The van der Waals surface area contributed by atoms with Gasteiger partial charge in [-0.3, -0.25) is 9.69 Å². The van der Waals surface area contributed by atoms with Gasteiger partial charge in [-0.1, -0.05) is 51.4 Å². The number of rotatable bonds is 5. The van der Waals surface area contributed by atoms with Crippen LogP contribution in [0.5, 0.6) is 0 Å². The molecule has 0 radical (unpaired) electrons. The Balaban J connectivity index is 1.54. The van der Waals surface area contributed by atoms with Gasteiger partial charge in [-0.15, -0.1) is 0 Å². The summed E-state index contributed by atoms with van der Waals surface area (Å²) in [7, 11) is 0.